The van der Waals surface area contributed by atoms with Crippen LogP contribution in [0.5, 0.6) is 0 Å². The minimum atomic E-state index is -0.775. The molecule has 19 heavy (non-hydrogen) atoms. The summed E-state index contributed by atoms with van der Waals surface area (Å²) in [6, 6.07) is 3.04. The van der Waals surface area contributed by atoms with Crippen LogP contribution in [0.3, 0.4) is 0 Å². The van der Waals surface area contributed by atoms with Crippen LogP contribution in [0.2, 0.25) is 5.02 Å². The van der Waals surface area contributed by atoms with Gasteiger partial charge in [-0.2, -0.15) is 0 Å². The summed E-state index contributed by atoms with van der Waals surface area (Å²) in [6.07, 6.45) is -0.688. The first-order chi connectivity index (χ1) is 8.71. The van der Waals surface area contributed by atoms with Gasteiger partial charge in [-0.25, -0.2) is 9.18 Å². The molecule has 0 saturated heterocycles. The van der Waals surface area contributed by atoms with E-state index in [1.165, 1.54) is 12.1 Å². The van der Waals surface area contributed by atoms with Crippen molar-refractivity contribution in [1.82, 2.24) is 5.32 Å². The fraction of sp³-hybridized carbons (Fsp3) is 0.462. The highest BCUT2D eigenvalue weighted by atomic mass is 35.5. The topological polar surface area (TPSA) is 58.6 Å². The van der Waals surface area contributed by atoms with Gasteiger partial charge in [0.1, 0.15) is 11.4 Å². The van der Waals surface area contributed by atoms with Gasteiger partial charge in [-0.1, -0.05) is 11.6 Å². The van der Waals surface area contributed by atoms with Crippen molar-refractivity contribution >= 4 is 17.7 Å². The molecule has 1 atom stereocenters. The van der Waals surface area contributed by atoms with Crippen molar-refractivity contribution in [2.75, 3.05) is 6.61 Å². The highest BCUT2D eigenvalue weighted by molar-refractivity contribution is 6.30. The van der Waals surface area contributed by atoms with Crippen LogP contribution in [-0.4, -0.2) is 23.4 Å². The molecular formula is C13H17ClFNO3. The number of halogens is 2. The van der Waals surface area contributed by atoms with Crippen molar-refractivity contribution in [3.8, 4) is 0 Å². The lowest BCUT2D eigenvalue weighted by Gasteiger charge is -2.23. The van der Waals surface area contributed by atoms with Crippen LogP contribution in [0.4, 0.5) is 9.18 Å². The molecule has 0 spiro atoms. The number of amides is 1. The van der Waals surface area contributed by atoms with Gasteiger partial charge in [0.05, 0.1) is 12.6 Å². The molecular weight excluding hydrogens is 273 g/mol. The summed E-state index contributed by atoms with van der Waals surface area (Å²) >= 11 is 5.73. The number of aliphatic hydroxyl groups excluding tert-OH is 1. The van der Waals surface area contributed by atoms with E-state index < -0.39 is 23.6 Å². The normalized spacial score (nSPS) is 12.9. The Balaban J connectivity index is 2.81. The first-order valence-electron chi connectivity index (χ1n) is 5.77. The minimum absolute atomic E-state index is 0.194. The van der Waals surface area contributed by atoms with Crippen LogP contribution in [0.25, 0.3) is 0 Å². The van der Waals surface area contributed by atoms with Gasteiger partial charge < -0.3 is 15.2 Å². The number of carbonyl (C=O) groups excluding carboxylic acids is 1. The SMILES string of the molecule is CC(C)(C)OC(=O)NC(CO)c1cc(F)cc(Cl)c1. The molecule has 0 saturated carbocycles. The van der Waals surface area contributed by atoms with E-state index >= 15 is 0 Å². The molecule has 2 N–H and O–H groups in total. The predicted octanol–water partition coefficient (Wildman–Crippen LogP) is 3.04. The second kappa shape index (κ2) is 6.21. The Morgan fingerprint density at radius 3 is 2.58 bits per heavy atom. The van der Waals surface area contributed by atoms with Gasteiger partial charge in [0.2, 0.25) is 0 Å². The maximum Gasteiger partial charge on any atom is 0.408 e. The molecule has 0 radical (unpaired) electrons. The van der Waals surface area contributed by atoms with Crippen LogP contribution < -0.4 is 5.32 Å². The molecule has 0 fully saturated rings. The highest BCUT2D eigenvalue weighted by Crippen LogP contribution is 2.20. The van der Waals surface area contributed by atoms with Crippen LogP contribution in [0.15, 0.2) is 18.2 Å². The summed E-state index contributed by atoms with van der Waals surface area (Å²) in [4.78, 5) is 11.6. The van der Waals surface area contributed by atoms with Crippen molar-refractivity contribution < 1.29 is 19.0 Å². The molecule has 4 nitrogen and oxygen atoms in total. The molecule has 0 aliphatic heterocycles. The summed E-state index contributed by atoms with van der Waals surface area (Å²) in [5.41, 5.74) is -0.276. The molecule has 1 unspecified atom stereocenters. The number of alkyl carbamates (subject to hydrolysis) is 1. The Hall–Kier alpha value is -1.33. The Kier molecular flexibility index (Phi) is 5.14. The number of hydrogen-bond donors (Lipinski definition) is 2. The number of carbonyl (C=O) groups is 1. The number of rotatable bonds is 3. The summed E-state index contributed by atoms with van der Waals surface area (Å²) in [7, 11) is 0. The molecule has 0 bridgehead atoms. The van der Waals surface area contributed by atoms with E-state index in [4.69, 9.17) is 16.3 Å². The zero-order chi connectivity index (χ0) is 14.6. The van der Waals surface area contributed by atoms with Gasteiger partial charge in [0.15, 0.2) is 0 Å². The number of ether oxygens (including phenoxy) is 1. The second-order valence-corrected chi connectivity index (χ2v) is 5.52. The maximum absolute atomic E-state index is 13.2. The molecule has 6 heteroatoms. The third-order valence-electron chi connectivity index (χ3n) is 2.16. The van der Waals surface area contributed by atoms with Gasteiger partial charge >= 0.3 is 6.09 Å². The van der Waals surface area contributed by atoms with Crippen LogP contribution in [0.1, 0.15) is 32.4 Å². The van der Waals surface area contributed by atoms with Gasteiger partial charge in [0.25, 0.3) is 0 Å². The molecule has 106 valence electrons. The standard InChI is InChI=1S/C13H17ClFNO3/c1-13(2,3)19-12(18)16-11(7-17)8-4-9(14)6-10(15)5-8/h4-6,11,17H,7H2,1-3H3,(H,16,18). The third kappa shape index (κ3) is 5.44. The summed E-state index contributed by atoms with van der Waals surface area (Å²) in [5, 5.41) is 11.9. The predicted molar refractivity (Wildman–Crippen MR) is 70.6 cm³/mol. The first kappa shape index (κ1) is 15.7. The summed E-state index contributed by atoms with van der Waals surface area (Å²) in [6.45, 7) is 4.78. The Bertz CT molecular complexity index is 439. The van der Waals surface area contributed by atoms with E-state index in [1.807, 2.05) is 0 Å². The van der Waals surface area contributed by atoms with Crippen molar-refractivity contribution in [1.29, 1.82) is 0 Å². The lowest BCUT2D eigenvalue weighted by molar-refractivity contribution is 0.0481. The molecule has 1 aromatic rings. The van der Waals surface area contributed by atoms with E-state index in [-0.39, 0.29) is 11.6 Å². The lowest BCUT2D eigenvalue weighted by atomic mass is 10.1. The molecule has 1 amide bonds. The van der Waals surface area contributed by atoms with Gasteiger partial charge in [-0.3, -0.25) is 0 Å². The van der Waals surface area contributed by atoms with Crippen molar-refractivity contribution in [2.45, 2.75) is 32.4 Å². The smallest absolute Gasteiger partial charge is 0.408 e. The number of aliphatic hydroxyl groups is 1. The molecule has 0 aromatic heterocycles. The number of nitrogens with one attached hydrogen (secondary N) is 1. The number of hydrogen-bond acceptors (Lipinski definition) is 3. The van der Waals surface area contributed by atoms with Crippen molar-refractivity contribution in [3.05, 3.63) is 34.6 Å². The average molecular weight is 290 g/mol. The Morgan fingerprint density at radius 2 is 2.11 bits per heavy atom. The summed E-state index contributed by atoms with van der Waals surface area (Å²) < 4.78 is 18.3. The van der Waals surface area contributed by atoms with Crippen molar-refractivity contribution in [3.63, 3.8) is 0 Å². The average Bonchev–Trinajstić information content (AvgIpc) is 2.21. The van der Waals surface area contributed by atoms with E-state index in [0.29, 0.717) is 5.56 Å². The molecule has 0 heterocycles. The lowest BCUT2D eigenvalue weighted by Crippen LogP contribution is -2.36. The fourth-order valence-corrected chi connectivity index (χ4v) is 1.69. The van der Waals surface area contributed by atoms with Crippen LogP contribution in [-0.2, 0) is 4.74 Å². The molecule has 0 aliphatic rings. The fourth-order valence-electron chi connectivity index (χ4n) is 1.46. The van der Waals surface area contributed by atoms with E-state index in [1.54, 1.807) is 20.8 Å². The molecule has 1 aromatic carbocycles. The highest BCUT2D eigenvalue weighted by Gasteiger charge is 2.20. The van der Waals surface area contributed by atoms with Crippen molar-refractivity contribution in [2.24, 2.45) is 0 Å². The van der Waals surface area contributed by atoms with Gasteiger partial charge in [-0.15, -0.1) is 0 Å². The molecule has 0 aliphatic carbocycles. The third-order valence-corrected chi connectivity index (χ3v) is 2.38. The molecule has 1 rings (SSSR count). The van der Waals surface area contributed by atoms with E-state index in [2.05, 4.69) is 5.32 Å². The van der Waals surface area contributed by atoms with Crippen LogP contribution >= 0.6 is 11.6 Å². The Labute approximate surface area is 116 Å². The Morgan fingerprint density at radius 1 is 1.47 bits per heavy atom. The first-order valence-corrected chi connectivity index (χ1v) is 6.15. The monoisotopic (exact) mass is 289 g/mol. The minimum Gasteiger partial charge on any atom is -0.444 e. The number of benzene rings is 1. The second-order valence-electron chi connectivity index (χ2n) is 5.08. The van der Waals surface area contributed by atoms with E-state index in [9.17, 15) is 14.3 Å². The zero-order valence-electron chi connectivity index (χ0n) is 11.0. The quantitative estimate of drug-likeness (QED) is 0.899. The van der Waals surface area contributed by atoms with Gasteiger partial charge in [0, 0.05) is 5.02 Å². The zero-order valence-corrected chi connectivity index (χ0v) is 11.8. The maximum atomic E-state index is 13.2. The largest absolute Gasteiger partial charge is 0.444 e. The van der Waals surface area contributed by atoms with E-state index in [0.717, 1.165) is 6.07 Å². The van der Waals surface area contributed by atoms with Gasteiger partial charge in [-0.05, 0) is 44.5 Å². The van der Waals surface area contributed by atoms with Crippen LogP contribution in [0, 0.1) is 5.82 Å². The summed E-state index contributed by atoms with van der Waals surface area (Å²) in [5.74, 6) is -0.535.